The Bertz CT molecular complexity index is 1180. The number of nitrogens with one attached hydrogen (secondary N) is 2. The van der Waals surface area contributed by atoms with Gasteiger partial charge in [-0.15, -0.1) is 0 Å². The molecule has 2 aromatic rings. The van der Waals surface area contributed by atoms with Crippen LogP contribution in [0.15, 0.2) is 53.8 Å². The molecule has 0 radical (unpaired) electrons. The monoisotopic (exact) mass is 555 g/mol. The predicted molar refractivity (Wildman–Crippen MR) is 157 cm³/mol. The fourth-order valence-electron chi connectivity index (χ4n) is 5.21. The largest absolute Gasteiger partial charge is 0.360 e. The molecule has 212 valence electrons. The highest BCUT2D eigenvalue weighted by molar-refractivity contribution is 6.31. The molecule has 0 bridgehead atoms. The maximum absolute atomic E-state index is 12.4. The smallest absolute Gasteiger partial charge is 0.276 e. The Balaban J connectivity index is 1.22. The van der Waals surface area contributed by atoms with Gasteiger partial charge in [0.25, 0.3) is 5.91 Å². The van der Waals surface area contributed by atoms with E-state index in [9.17, 15) is 4.79 Å². The topological polar surface area (TPSA) is 80.1 Å². The number of carbonyl (C=O) groups excluding carboxylic acids is 1. The normalized spacial score (nSPS) is 19.5. The number of carbonyl (C=O) groups is 1. The number of aliphatic imine (C=N–C) groups is 1. The van der Waals surface area contributed by atoms with Gasteiger partial charge in [0.15, 0.2) is 6.29 Å². The number of amides is 1. The highest BCUT2D eigenvalue weighted by Crippen LogP contribution is 2.25. The number of amidine groups is 1. The molecule has 1 aromatic heterocycles. The number of hydroxylamine groups is 1. The van der Waals surface area contributed by atoms with Crippen LogP contribution in [0.2, 0.25) is 5.02 Å². The molecule has 2 fully saturated rings. The third kappa shape index (κ3) is 8.18. The molecule has 1 unspecified atom stereocenters. The lowest BCUT2D eigenvalue weighted by molar-refractivity contribution is -0.198. The van der Waals surface area contributed by atoms with Gasteiger partial charge in [0.2, 0.25) is 0 Å². The molecule has 0 spiro atoms. The molecule has 39 heavy (non-hydrogen) atoms. The minimum Gasteiger partial charge on any atom is -0.360 e. The number of aryl methyl sites for hydroxylation is 1. The van der Waals surface area contributed by atoms with Crippen molar-refractivity contribution in [3.05, 3.63) is 59.4 Å². The van der Waals surface area contributed by atoms with E-state index in [1.807, 2.05) is 13.0 Å². The lowest BCUT2D eigenvalue weighted by Gasteiger charge is -2.33. The van der Waals surface area contributed by atoms with Crippen LogP contribution in [0.5, 0.6) is 0 Å². The van der Waals surface area contributed by atoms with Gasteiger partial charge in [-0.05, 0) is 69.2 Å². The molecule has 2 aliphatic rings. The average molecular weight is 556 g/mol. The number of rotatable bonds is 11. The number of likely N-dealkylation sites (tertiary alicyclic amines) is 1. The molecule has 4 rings (SSSR count). The first-order chi connectivity index (χ1) is 19.0. The van der Waals surface area contributed by atoms with E-state index in [0.29, 0.717) is 18.1 Å². The summed E-state index contributed by atoms with van der Waals surface area (Å²) in [5.74, 6) is 1.14. The summed E-state index contributed by atoms with van der Waals surface area (Å²) < 4.78 is 7.79. The fraction of sp³-hybridized carbons (Fsp3) is 0.533. The van der Waals surface area contributed by atoms with E-state index in [2.05, 4.69) is 57.1 Å². The van der Waals surface area contributed by atoms with E-state index < -0.39 is 6.29 Å². The van der Waals surface area contributed by atoms with Crippen LogP contribution in [0.25, 0.3) is 10.9 Å². The van der Waals surface area contributed by atoms with Crippen LogP contribution in [0.3, 0.4) is 0 Å². The summed E-state index contributed by atoms with van der Waals surface area (Å²) in [6.45, 7) is 13.3. The highest BCUT2D eigenvalue weighted by atomic mass is 35.5. The van der Waals surface area contributed by atoms with E-state index in [0.717, 1.165) is 82.1 Å². The van der Waals surface area contributed by atoms with Crippen molar-refractivity contribution >= 4 is 34.2 Å². The molecule has 1 atom stereocenters. The van der Waals surface area contributed by atoms with Crippen molar-refractivity contribution in [3.8, 4) is 0 Å². The molecule has 0 aliphatic carbocycles. The summed E-state index contributed by atoms with van der Waals surface area (Å²) in [5, 5.41) is 5.75. The van der Waals surface area contributed by atoms with Crippen LogP contribution >= 0.6 is 11.6 Å². The van der Waals surface area contributed by atoms with Crippen molar-refractivity contribution in [1.82, 2.24) is 20.3 Å². The summed E-state index contributed by atoms with van der Waals surface area (Å²) in [6, 6.07) is 6.17. The van der Waals surface area contributed by atoms with Crippen molar-refractivity contribution in [2.45, 2.75) is 71.8 Å². The average Bonchev–Trinajstić information content (AvgIpc) is 3.29. The zero-order valence-corrected chi connectivity index (χ0v) is 24.0. The Hall–Kier alpha value is -2.65. The number of benzene rings is 1. The Morgan fingerprint density at radius 3 is 2.82 bits per heavy atom. The lowest BCUT2D eigenvalue weighted by atomic mass is 9.96. The first-order valence-corrected chi connectivity index (χ1v) is 14.5. The van der Waals surface area contributed by atoms with Crippen molar-refractivity contribution in [1.29, 1.82) is 0 Å². The lowest BCUT2D eigenvalue weighted by Crippen LogP contribution is -2.39. The Morgan fingerprint density at radius 1 is 1.28 bits per heavy atom. The molecule has 9 heteroatoms. The molecular weight excluding hydrogens is 514 g/mol. The molecule has 2 aliphatic heterocycles. The van der Waals surface area contributed by atoms with Crippen LogP contribution in [0, 0.1) is 5.92 Å². The Morgan fingerprint density at radius 2 is 2.10 bits per heavy atom. The van der Waals surface area contributed by atoms with Crippen LogP contribution in [0.4, 0.5) is 0 Å². The minimum absolute atomic E-state index is 0.354. The van der Waals surface area contributed by atoms with Gasteiger partial charge >= 0.3 is 0 Å². The summed E-state index contributed by atoms with van der Waals surface area (Å²) in [5.41, 5.74) is 5.35. The number of aromatic nitrogens is 1. The van der Waals surface area contributed by atoms with Crippen LogP contribution in [0.1, 0.15) is 57.9 Å². The van der Waals surface area contributed by atoms with Gasteiger partial charge in [0.05, 0.1) is 5.57 Å². The zero-order valence-electron chi connectivity index (χ0n) is 23.3. The SMILES string of the molecule is C=C/C(=C\N=C(/C)N1CCC(CNCc2cn(CCC)c3cc(Cl)ccc23)CC1)C(=O)NOC1CCCCO1. The number of fused-ring (bicyclic) bond motifs is 1. The quantitative estimate of drug-likeness (QED) is 0.125. The van der Waals surface area contributed by atoms with Gasteiger partial charge in [-0.1, -0.05) is 37.2 Å². The van der Waals surface area contributed by atoms with Gasteiger partial charge in [-0.25, -0.2) is 15.3 Å². The Kier molecular flexibility index (Phi) is 11.0. The third-order valence-corrected chi connectivity index (χ3v) is 7.74. The van der Waals surface area contributed by atoms with Crippen LogP contribution in [-0.4, -0.2) is 53.7 Å². The van der Waals surface area contributed by atoms with Crippen molar-refractivity contribution in [2.24, 2.45) is 10.9 Å². The van der Waals surface area contributed by atoms with Crippen LogP contribution in [-0.2, 0) is 27.5 Å². The van der Waals surface area contributed by atoms with E-state index >= 15 is 0 Å². The summed E-state index contributed by atoms with van der Waals surface area (Å²) in [4.78, 5) is 24.6. The van der Waals surface area contributed by atoms with Crippen LogP contribution < -0.4 is 10.8 Å². The van der Waals surface area contributed by atoms with Crippen molar-refractivity contribution in [2.75, 3.05) is 26.2 Å². The van der Waals surface area contributed by atoms with Crippen molar-refractivity contribution in [3.63, 3.8) is 0 Å². The maximum atomic E-state index is 12.4. The second kappa shape index (κ2) is 14.7. The molecule has 2 saturated heterocycles. The first-order valence-electron chi connectivity index (χ1n) is 14.2. The summed E-state index contributed by atoms with van der Waals surface area (Å²) in [6.07, 6.45) is 11.0. The van der Waals surface area contributed by atoms with Gasteiger partial charge < -0.3 is 19.5 Å². The molecule has 1 amide bonds. The predicted octanol–water partition coefficient (Wildman–Crippen LogP) is 5.57. The second-order valence-corrected chi connectivity index (χ2v) is 10.8. The van der Waals surface area contributed by atoms with E-state index in [1.54, 1.807) is 6.20 Å². The number of halogens is 1. The van der Waals surface area contributed by atoms with Gasteiger partial charge in [-0.2, -0.15) is 0 Å². The second-order valence-electron chi connectivity index (χ2n) is 10.4. The minimum atomic E-state index is -0.393. The van der Waals surface area contributed by atoms with Gasteiger partial charge in [0, 0.05) is 67.5 Å². The number of ether oxygens (including phenoxy) is 1. The summed E-state index contributed by atoms with van der Waals surface area (Å²) >= 11 is 6.26. The standard InChI is InChI=1S/C30H42ClN5O3/c1-4-13-36-21-25(27-10-9-26(31)17-28(27)36)19-32-18-23-11-14-35(15-12-23)22(3)33-20-24(5-2)30(37)34-39-29-8-6-7-16-38-29/h5,9-10,17,20-21,23,29,32H,2,4,6-8,11-16,18-19H2,1,3H3,(H,34,37)/b24-20+,33-22+. The van der Waals surface area contributed by atoms with E-state index in [1.165, 1.54) is 22.5 Å². The molecular formula is C30H42ClN5O3. The molecule has 3 heterocycles. The van der Waals surface area contributed by atoms with Gasteiger partial charge in [-0.3, -0.25) is 4.79 Å². The molecule has 0 saturated carbocycles. The molecule has 2 N–H and O–H groups in total. The number of hydrogen-bond donors (Lipinski definition) is 2. The fourth-order valence-corrected chi connectivity index (χ4v) is 5.38. The molecule has 1 aromatic carbocycles. The van der Waals surface area contributed by atoms with Gasteiger partial charge in [0.1, 0.15) is 5.84 Å². The number of piperidine rings is 1. The Labute approximate surface area is 237 Å². The number of hydrogen-bond acceptors (Lipinski definition) is 5. The highest BCUT2D eigenvalue weighted by Gasteiger charge is 2.20. The molecule has 8 nitrogen and oxygen atoms in total. The third-order valence-electron chi connectivity index (χ3n) is 7.51. The van der Waals surface area contributed by atoms with E-state index in [-0.39, 0.29) is 5.91 Å². The van der Waals surface area contributed by atoms with Crippen molar-refractivity contribution < 1.29 is 14.4 Å². The maximum Gasteiger partial charge on any atom is 0.276 e. The number of nitrogens with zero attached hydrogens (tertiary/aromatic N) is 3. The first kappa shape index (κ1) is 29.3. The van der Waals surface area contributed by atoms with E-state index in [4.69, 9.17) is 21.2 Å². The zero-order chi connectivity index (χ0) is 27.6. The summed E-state index contributed by atoms with van der Waals surface area (Å²) in [7, 11) is 0.